The lowest BCUT2D eigenvalue weighted by Crippen LogP contribution is -2.30. The Morgan fingerprint density at radius 3 is 2.10 bits per heavy atom. The van der Waals surface area contributed by atoms with Crippen LogP contribution in [0, 0.1) is 0 Å². The Morgan fingerprint density at radius 2 is 1.60 bits per heavy atom. The predicted octanol–water partition coefficient (Wildman–Crippen LogP) is 2.48. The van der Waals surface area contributed by atoms with Crippen LogP contribution in [-0.4, -0.2) is 21.2 Å². The molecule has 1 aromatic rings. The van der Waals surface area contributed by atoms with Crippen LogP contribution in [-0.2, 0) is 21.0 Å². The third-order valence-electron chi connectivity index (χ3n) is 1.89. The summed E-state index contributed by atoms with van der Waals surface area (Å²) in [5, 5.41) is 0. The number of halogens is 6. The molecule has 0 saturated carbocycles. The molecule has 0 amide bonds. The highest BCUT2D eigenvalue weighted by molar-refractivity contribution is 7.89. The van der Waals surface area contributed by atoms with Crippen molar-refractivity contribution < 1.29 is 39.6 Å². The quantitative estimate of drug-likeness (QED) is 0.684. The molecule has 0 heterocycles. The number of hydrogen-bond donors (Lipinski definition) is 1. The second-order valence-corrected chi connectivity index (χ2v) is 5.10. The molecule has 0 aliphatic carbocycles. The third kappa shape index (κ3) is 4.65. The summed E-state index contributed by atoms with van der Waals surface area (Å²) in [5.74, 6) is 0. The highest BCUT2D eigenvalue weighted by Gasteiger charge is 2.37. The summed E-state index contributed by atoms with van der Waals surface area (Å²) < 4.78 is 96.0. The molecule has 0 saturated heterocycles. The first kappa shape index (κ1) is 16.7. The molecular formula is C9H7F6NO3S. The zero-order chi connectivity index (χ0) is 15.6. The highest BCUT2D eigenvalue weighted by atomic mass is 32.2. The standard InChI is InChI=1S/C9H7F6NO3S/c10-8(11,12)5-19-16-20(17,18)7-4-2-1-3-6(7)9(13,14)15/h1-4,16H,5H2. The highest BCUT2D eigenvalue weighted by Crippen LogP contribution is 2.33. The second-order valence-electron chi connectivity index (χ2n) is 3.48. The third-order valence-corrected chi connectivity index (χ3v) is 3.16. The molecule has 1 rings (SSSR count). The van der Waals surface area contributed by atoms with Gasteiger partial charge in [0.05, 0.1) is 10.5 Å². The average Bonchev–Trinajstić information content (AvgIpc) is 2.25. The van der Waals surface area contributed by atoms with Crippen molar-refractivity contribution in [2.24, 2.45) is 0 Å². The van der Waals surface area contributed by atoms with E-state index in [9.17, 15) is 34.8 Å². The van der Waals surface area contributed by atoms with E-state index < -0.39 is 39.4 Å². The Morgan fingerprint density at radius 1 is 1.05 bits per heavy atom. The second kappa shape index (κ2) is 5.58. The number of sulfonamides is 1. The number of benzene rings is 1. The van der Waals surface area contributed by atoms with Crippen molar-refractivity contribution >= 4 is 10.0 Å². The molecule has 0 aliphatic heterocycles. The molecule has 0 unspecified atom stereocenters. The van der Waals surface area contributed by atoms with Crippen molar-refractivity contribution in [2.45, 2.75) is 17.2 Å². The Labute approximate surface area is 109 Å². The summed E-state index contributed by atoms with van der Waals surface area (Å²) in [6.45, 7) is -1.97. The molecule has 1 N–H and O–H groups in total. The van der Waals surface area contributed by atoms with Crippen LogP contribution < -0.4 is 4.89 Å². The van der Waals surface area contributed by atoms with Crippen LogP contribution in [0.4, 0.5) is 26.3 Å². The summed E-state index contributed by atoms with van der Waals surface area (Å²) in [6.07, 6.45) is -9.80. The van der Waals surface area contributed by atoms with E-state index >= 15 is 0 Å². The van der Waals surface area contributed by atoms with Gasteiger partial charge in [0, 0.05) is 0 Å². The van der Waals surface area contributed by atoms with E-state index in [2.05, 4.69) is 4.84 Å². The minimum atomic E-state index is -4.98. The van der Waals surface area contributed by atoms with Crippen molar-refractivity contribution in [3.8, 4) is 0 Å². The lowest BCUT2D eigenvalue weighted by molar-refractivity contribution is -0.181. The number of alkyl halides is 6. The van der Waals surface area contributed by atoms with Crippen LogP contribution >= 0.6 is 0 Å². The van der Waals surface area contributed by atoms with E-state index in [1.54, 1.807) is 0 Å². The zero-order valence-electron chi connectivity index (χ0n) is 9.42. The summed E-state index contributed by atoms with van der Waals surface area (Å²) in [4.78, 5) is 3.42. The fourth-order valence-electron chi connectivity index (χ4n) is 1.17. The van der Waals surface area contributed by atoms with Gasteiger partial charge in [0.15, 0.2) is 6.61 Å². The minimum Gasteiger partial charge on any atom is -0.277 e. The van der Waals surface area contributed by atoms with Crippen LogP contribution in [0.1, 0.15) is 5.56 Å². The van der Waals surface area contributed by atoms with Gasteiger partial charge in [-0.3, -0.25) is 4.84 Å². The Kier molecular flexibility index (Phi) is 4.66. The van der Waals surface area contributed by atoms with Gasteiger partial charge in [-0.15, -0.1) is 0 Å². The molecule has 4 nitrogen and oxygen atoms in total. The van der Waals surface area contributed by atoms with E-state index in [1.165, 1.54) is 0 Å². The Bertz CT molecular complexity index is 566. The van der Waals surface area contributed by atoms with Gasteiger partial charge in [0.25, 0.3) is 10.0 Å². The van der Waals surface area contributed by atoms with Gasteiger partial charge in [-0.2, -0.15) is 26.3 Å². The fourth-order valence-corrected chi connectivity index (χ4v) is 2.20. The molecule has 1 aromatic carbocycles. The zero-order valence-corrected chi connectivity index (χ0v) is 10.2. The van der Waals surface area contributed by atoms with Crippen molar-refractivity contribution in [1.29, 1.82) is 0 Å². The maximum Gasteiger partial charge on any atom is 0.417 e. The van der Waals surface area contributed by atoms with Gasteiger partial charge in [0.1, 0.15) is 0 Å². The molecule has 0 fully saturated rings. The number of rotatable bonds is 4. The van der Waals surface area contributed by atoms with E-state index in [1.807, 2.05) is 0 Å². The molecule has 0 atom stereocenters. The average molecular weight is 323 g/mol. The van der Waals surface area contributed by atoms with Gasteiger partial charge < -0.3 is 0 Å². The van der Waals surface area contributed by atoms with Crippen LogP contribution in [0.25, 0.3) is 0 Å². The van der Waals surface area contributed by atoms with Crippen molar-refractivity contribution in [1.82, 2.24) is 4.89 Å². The first-order chi connectivity index (χ1) is 8.93. The maximum absolute atomic E-state index is 12.6. The van der Waals surface area contributed by atoms with Crippen LogP contribution in [0.15, 0.2) is 29.2 Å². The molecule has 0 radical (unpaired) electrons. The van der Waals surface area contributed by atoms with Gasteiger partial charge in [-0.05, 0) is 12.1 Å². The maximum atomic E-state index is 12.6. The van der Waals surface area contributed by atoms with Gasteiger partial charge in [0.2, 0.25) is 0 Å². The van der Waals surface area contributed by atoms with Gasteiger partial charge in [-0.1, -0.05) is 17.0 Å². The summed E-state index contributed by atoms with van der Waals surface area (Å²) in [5.41, 5.74) is -1.51. The lowest BCUT2D eigenvalue weighted by Gasteiger charge is -2.14. The van der Waals surface area contributed by atoms with E-state index in [4.69, 9.17) is 0 Å². The largest absolute Gasteiger partial charge is 0.417 e. The van der Waals surface area contributed by atoms with Crippen LogP contribution in [0.2, 0.25) is 0 Å². The van der Waals surface area contributed by atoms with E-state index in [-0.39, 0.29) is 0 Å². The van der Waals surface area contributed by atoms with E-state index in [0.717, 1.165) is 17.0 Å². The van der Waals surface area contributed by atoms with Crippen LogP contribution in [0.3, 0.4) is 0 Å². The molecule has 20 heavy (non-hydrogen) atoms. The molecule has 0 aliphatic rings. The predicted molar refractivity (Wildman–Crippen MR) is 53.8 cm³/mol. The van der Waals surface area contributed by atoms with Gasteiger partial charge >= 0.3 is 12.4 Å². The SMILES string of the molecule is O=S(=O)(NOCC(F)(F)F)c1ccccc1C(F)(F)F. The van der Waals surface area contributed by atoms with Crippen LogP contribution in [0.5, 0.6) is 0 Å². The topological polar surface area (TPSA) is 55.4 Å². The molecule has 114 valence electrons. The molecule has 0 aromatic heterocycles. The first-order valence-corrected chi connectivity index (χ1v) is 6.28. The first-order valence-electron chi connectivity index (χ1n) is 4.80. The van der Waals surface area contributed by atoms with Gasteiger partial charge in [-0.25, -0.2) is 8.42 Å². The number of nitrogens with one attached hydrogen (secondary N) is 1. The summed E-state index contributed by atoms with van der Waals surface area (Å²) in [6, 6.07) is 3.02. The molecule has 0 spiro atoms. The Hall–Kier alpha value is -1.33. The normalized spacial score (nSPS) is 13.5. The Balaban J connectivity index is 3.00. The van der Waals surface area contributed by atoms with Crippen molar-refractivity contribution in [3.63, 3.8) is 0 Å². The molecule has 0 bridgehead atoms. The summed E-state index contributed by atoms with van der Waals surface area (Å²) in [7, 11) is -4.89. The summed E-state index contributed by atoms with van der Waals surface area (Å²) >= 11 is 0. The van der Waals surface area contributed by atoms with Crippen molar-refractivity contribution in [3.05, 3.63) is 29.8 Å². The minimum absolute atomic E-state index is 0.484. The number of hydrogen-bond acceptors (Lipinski definition) is 3. The van der Waals surface area contributed by atoms with E-state index in [0.29, 0.717) is 12.1 Å². The lowest BCUT2D eigenvalue weighted by atomic mass is 10.2. The van der Waals surface area contributed by atoms with Crippen molar-refractivity contribution in [2.75, 3.05) is 6.61 Å². The monoisotopic (exact) mass is 323 g/mol. The fraction of sp³-hybridized carbons (Fsp3) is 0.333. The molecule has 11 heteroatoms. The molecular weight excluding hydrogens is 316 g/mol. The smallest absolute Gasteiger partial charge is 0.277 e.